The summed E-state index contributed by atoms with van der Waals surface area (Å²) in [6.45, 7) is 8.74. The van der Waals surface area contributed by atoms with Crippen LogP contribution in [0.3, 0.4) is 0 Å². The third-order valence-corrected chi connectivity index (χ3v) is 8.39. The van der Waals surface area contributed by atoms with Gasteiger partial charge in [0.2, 0.25) is 15.9 Å². The molecule has 0 unspecified atom stereocenters. The predicted molar refractivity (Wildman–Crippen MR) is 119 cm³/mol. The van der Waals surface area contributed by atoms with Crippen LogP contribution >= 0.6 is 0 Å². The van der Waals surface area contributed by atoms with E-state index in [1.807, 2.05) is 31.3 Å². The molecular formula is C21H33N7O3S. The molecule has 0 aliphatic carbocycles. The summed E-state index contributed by atoms with van der Waals surface area (Å²) in [5.74, 6) is -0.211. The smallest absolute Gasteiger partial charge is 0.246 e. The van der Waals surface area contributed by atoms with Gasteiger partial charge in [0, 0.05) is 77.4 Å². The second-order valence-electron chi connectivity index (χ2n) is 8.76. The van der Waals surface area contributed by atoms with E-state index in [0.29, 0.717) is 38.3 Å². The Bertz CT molecular complexity index is 1050. The van der Waals surface area contributed by atoms with Gasteiger partial charge >= 0.3 is 0 Å². The number of piperazine rings is 1. The Morgan fingerprint density at radius 2 is 1.91 bits per heavy atom. The van der Waals surface area contributed by atoms with Gasteiger partial charge in [-0.15, -0.1) is 0 Å². The standard InChI is InChI=1S/C21H33N7O3S/c1-4-27-16-20(17(2)23-27)32(30,31)28-7-5-6-19(15-28)21(29)26-10-8-25(9-11-26)14-18-12-22-24(3)13-18/h12-13,16,19H,4-11,14-15H2,1-3H3/t19-/m1/s1. The van der Waals surface area contributed by atoms with Gasteiger partial charge in [0.05, 0.1) is 17.8 Å². The van der Waals surface area contributed by atoms with Gasteiger partial charge in [-0.1, -0.05) is 0 Å². The van der Waals surface area contributed by atoms with E-state index in [-0.39, 0.29) is 23.3 Å². The van der Waals surface area contributed by atoms with Gasteiger partial charge < -0.3 is 4.90 Å². The highest BCUT2D eigenvalue weighted by molar-refractivity contribution is 7.89. The highest BCUT2D eigenvalue weighted by Gasteiger charge is 2.37. The fourth-order valence-electron chi connectivity index (χ4n) is 4.61. The molecule has 2 aliphatic rings. The van der Waals surface area contributed by atoms with Gasteiger partial charge in [0.25, 0.3) is 0 Å². The topological polar surface area (TPSA) is 96.6 Å². The largest absolute Gasteiger partial charge is 0.340 e. The molecule has 0 aromatic carbocycles. The predicted octanol–water partition coefficient (Wildman–Crippen LogP) is 0.690. The second kappa shape index (κ2) is 9.32. The van der Waals surface area contributed by atoms with Gasteiger partial charge in [-0.05, 0) is 26.7 Å². The summed E-state index contributed by atoms with van der Waals surface area (Å²) < 4.78 is 31.4. The van der Waals surface area contributed by atoms with Crippen LogP contribution in [0.5, 0.6) is 0 Å². The van der Waals surface area contributed by atoms with Crippen LogP contribution in [0.15, 0.2) is 23.5 Å². The maximum atomic E-state index is 13.2. The lowest BCUT2D eigenvalue weighted by molar-refractivity contribution is -0.138. The Hall–Kier alpha value is -2.24. The van der Waals surface area contributed by atoms with Crippen LogP contribution in [0, 0.1) is 12.8 Å². The summed E-state index contributed by atoms with van der Waals surface area (Å²) in [5, 5.41) is 8.50. The van der Waals surface area contributed by atoms with E-state index < -0.39 is 10.0 Å². The van der Waals surface area contributed by atoms with E-state index in [4.69, 9.17) is 0 Å². The number of aromatic nitrogens is 4. The lowest BCUT2D eigenvalue weighted by Crippen LogP contribution is -2.52. The molecule has 4 heterocycles. The Balaban J connectivity index is 1.36. The molecule has 0 radical (unpaired) electrons. The third-order valence-electron chi connectivity index (χ3n) is 6.42. The molecule has 0 spiro atoms. The van der Waals surface area contributed by atoms with Crippen LogP contribution in [-0.4, -0.2) is 87.3 Å². The average Bonchev–Trinajstić information content (AvgIpc) is 3.39. The molecule has 1 amide bonds. The van der Waals surface area contributed by atoms with Crippen molar-refractivity contribution in [2.24, 2.45) is 13.0 Å². The van der Waals surface area contributed by atoms with E-state index in [1.165, 1.54) is 9.87 Å². The van der Waals surface area contributed by atoms with Crippen LogP contribution in [-0.2, 0) is 35.0 Å². The van der Waals surface area contributed by atoms with Crippen molar-refractivity contribution < 1.29 is 13.2 Å². The number of hydrogen-bond acceptors (Lipinski definition) is 6. The first-order valence-electron chi connectivity index (χ1n) is 11.3. The van der Waals surface area contributed by atoms with Crippen LogP contribution < -0.4 is 0 Å². The molecule has 2 aromatic rings. The van der Waals surface area contributed by atoms with E-state index in [0.717, 1.165) is 26.1 Å². The van der Waals surface area contributed by atoms with Crippen molar-refractivity contribution in [1.82, 2.24) is 33.7 Å². The number of aryl methyl sites for hydroxylation is 3. The highest BCUT2D eigenvalue weighted by Crippen LogP contribution is 2.27. The van der Waals surface area contributed by atoms with Crippen LogP contribution in [0.1, 0.15) is 31.0 Å². The van der Waals surface area contributed by atoms with Crippen molar-refractivity contribution in [2.75, 3.05) is 39.3 Å². The minimum absolute atomic E-state index is 0.0758. The molecule has 4 rings (SSSR count). The zero-order valence-corrected chi connectivity index (χ0v) is 20.0. The van der Waals surface area contributed by atoms with E-state index in [1.54, 1.807) is 22.5 Å². The van der Waals surface area contributed by atoms with E-state index in [2.05, 4.69) is 15.1 Å². The number of rotatable bonds is 6. The van der Waals surface area contributed by atoms with Crippen molar-refractivity contribution in [3.63, 3.8) is 0 Å². The van der Waals surface area contributed by atoms with E-state index in [9.17, 15) is 13.2 Å². The Kier molecular flexibility index (Phi) is 6.68. The normalized spacial score (nSPS) is 21.2. The molecule has 11 heteroatoms. The van der Waals surface area contributed by atoms with Crippen molar-refractivity contribution >= 4 is 15.9 Å². The average molecular weight is 464 g/mol. The molecule has 176 valence electrons. The molecule has 2 aromatic heterocycles. The van der Waals surface area contributed by atoms with E-state index >= 15 is 0 Å². The molecular weight excluding hydrogens is 430 g/mol. The van der Waals surface area contributed by atoms with Crippen LogP contribution in [0.4, 0.5) is 0 Å². The monoisotopic (exact) mass is 463 g/mol. The summed E-state index contributed by atoms with van der Waals surface area (Å²) in [6, 6.07) is 0. The summed E-state index contributed by atoms with van der Waals surface area (Å²) in [6.07, 6.45) is 6.91. The molecule has 1 atom stereocenters. The lowest BCUT2D eigenvalue weighted by Gasteiger charge is -2.38. The molecule has 0 saturated carbocycles. The second-order valence-corrected chi connectivity index (χ2v) is 10.7. The Labute approximate surface area is 189 Å². The van der Waals surface area contributed by atoms with Crippen molar-refractivity contribution in [3.05, 3.63) is 29.8 Å². The van der Waals surface area contributed by atoms with Gasteiger partial charge in [0.15, 0.2) is 0 Å². The fourth-order valence-corrected chi connectivity index (χ4v) is 6.31. The van der Waals surface area contributed by atoms with Crippen molar-refractivity contribution in [3.8, 4) is 0 Å². The maximum absolute atomic E-state index is 13.2. The SMILES string of the molecule is CCn1cc(S(=O)(=O)N2CCC[C@@H](C(=O)N3CCN(Cc4cnn(C)c4)CC3)C2)c(C)n1. The van der Waals surface area contributed by atoms with Gasteiger partial charge in [-0.2, -0.15) is 14.5 Å². The van der Waals surface area contributed by atoms with Crippen LogP contribution in [0.2, 0.25) is 0 Å². The fraction of sp³-hybridized carbons (Fsp3) is 0.667. The number of amides is 1. The number of sulfonamides is 1. The first kappa shape index (κ1) is 22.9. The Morgan fingerprint density at radius 1 is 1.16 bits per heavy atom. The summed E-state index contributed by atoms with van der Waals surface area (Å²) in [4.78, 5) is 17.7. The maximum Gasteiger partial charge on any atom is 0.246 e. The van der Waals surface area contributed by atoms with Crippen molar-refractivity contribution in [1.29, 1.82) is 0 Å². The highest BCUT2D eigenvalue weighted by atomic mass is 32.2. The van der Waals surface area contributed by atoms with Crippen LogP contribution in [0.25, 0.3) is 0 Å². The molecule has 0 bridgehead atoms. The van der Waals surface area contributed by atoms with Gasteiger partial charge in [-0.25, -0.2) is 8.42 Å². The zero-order valence-electron chi connectivity index (χ0n) is 19.1. The number of carbonyl (C=O) groups is 1. The molecule has 2 aliphatic heterocycles. The minimum atomic E-state index is -3.66. The van der Waals surface area contributed by atoms with Gasteiger partial charge in [-0.3, -0.25) is 19.1 Å². The third kappa shape index (κ3) is 4.74. The molecule has 32 heavy (non-hydrogen) atoms. The number of carbonyl (C=O) groups excluding carboxylic acids is 1. The summed E-state index contributed by atoms with van der Waals surface area (Å²) in [7, 11) is -1.75. The molecule has 2 saturated heterocycles. The summed E-state index contributed by atoms with van der Waals surface area (Å²) >= 11 is 0. The minimum Gasteiger partial charge on any atom is -0.340 e. The van der Waals surface area contributed by atoms with Gasteiger partial charge in [0.1, 0.15) is 4.90 Å². The van der Waals surface area contributed by atoms with Crippen molar-refractivity contribution in [2.45, 2.75) is 44.7 Å². The Morgan fingerprint density at radius 3 is 2.53 bits per heavy atom. The quantitative estimate of drug-likeness (QED) is 0.625. The lowest BCUT2D eigenvalue weighted by atomic mass is 9.97. The first-order valence-corrected chi connectivity index (χ1v) is 12.7. The first-order chi connectivity index (χ1) is 15.3. The zero-order chi connectivity index (χ0) is 22.9. The number of nitrogens with zero attached hydrogens (tertiary/aromatic N) is 7. The summed E-state index contributed by atoms with van der Waals surface area (Å²) in [5.41, 5.74) is 1.67. The number of piperidine rings is 1. The molecule has 0 N–H and O–H groups in total. The molecule has 2 fully saturated rings. The molecule has 10 nitrogen and oxygen atoms in total. The number of hydrogen-bond donors (Lipinski definition) is 0.